The highest BCUT2D eigenvalue weighted by atomic mass is 19.1. The predicted molar refractivity (Wildman–Crippen MR) is 105 cm³/mol. The number of terminal acetylenes is 1. The lowest BCUT2D eigenvalue weighted by atomic mass is 10.2. The van der Waals surface area contributed by atoms with E-state index in [-0.39, 0.29) is 5.69 Å². The molecule has 0 fully saturated rings. The van der Waals surface area contributed by atoms with E-state index in [1.165, 1.54) is 18.2 Å². The Morgan fingerprint density at radius 3 is 2.43 bits per heavy atom. The van der Waals surface area contributed by atoms with E-state index in [9.17, 15) is 9.18 Å². The highest BCUT2D eigenvalue weighted by Gasteiger charge is 2.10. The zero-order chi connectivity index (χ0) is 19.9. The Hall–Kier alpha value is -4.29. The Bertz CT molecular complexity index is 1100. The zero-order valence-corrected chi connectivity index (χ0v) is 14.6. The van der Waals surface area contributed by atoms with Crippen molar-refractivity contribution < 1.29 is 13.9 Å². The van der Waals surface area contributed by atoms with Gasteiger partial charge in [-0.3, -0.25) is 0 Å². The number of rotatable bonds is 4. The normalized spacial score (nSPS) is 9.68. The molecular formula is C22H14FN3O2. The van der Waals surface area contributed by atoms with Crippen molar-refractivity contribution in [2.45, 2.75) is 0 Å². The molecule has 3 rings (SSSR count). The second kappa shape index (κ2) is 8.39. The number of nitrogens with one attached hydrogen (secondary N) is 2. The first-order chi connectivity index (χ1) is 13.6. The number of hydrogen-bond donors (Lipinski definition) is 2. The molecule has 0 spiro atoms. The van der Waals surface area contributed by atoms with E-state index in [1.54, 1.807) is 48.5 Å². The maximum Gasteiger partial charge on any atom is 0.323 e. The Labute approximate surface area is 161 Å². The van der Waals surface area contributed by atoms with E-state index >= 15 is 0 Å². The molecule has 0 aliphatic carbocycles. The zero-order valence-electron chi connectivity index (χ0n) is 14.6. The van der Waals surface area contributed by atoms with Crippen LogP contribution in [0.4, 0.5) is 20.6 Å². The smallest absolute Gasteiger partial charge is 0.323 e. The summed E-state index contributed by atoms with van der Waals surface area (Å²) in [4.78, 5) is 12.2. The molecule has 0 saturated heterocycles. The van der Waals surface area contributed by atoms with E-state index in [0.29, 0.717) is 28.3 Å². The van der Waals surface area contributed by atoms with Crippen molar-refractivity contribution in [2.24, 2.45) is 0 Å². The fourth-order valence-electron chi connectivity index (χ4n) is 2.37. The highest BCUT2D eigenvalue weighted by Crippen LogP contribution is 2.26. The summed E-state index contributed by atoms with van der Waals surface area (Å²) >= 11 is 0. The quantitative estimate of drug-likeness (QED) is 0.626. The molecule has 0 heterocycles. The second-order valence-electron chi connectivity index (χ2n) is 5.68. The Balaban J connectivity index is 1.71. The van der Waals surface area contributed by atoms with Gasteiger partial charge in [0.15, 0.2) is 0 Å². The lowest BCUT2D eigenvalue weighted by Gasteiger charge is -2.11. The van der Waals surface area contributed by atoms with E-state index in [1.807, 2.05) is 6.07 Å². The van der Waals surface area contributed by atoms with Gasteiger partial charge >= 0.3 is 6.03 Å². The third-order valence-electron chi connectivity index (χ3n) is 3.69. The van der Waals surface area contributed by atoms with Crippen molar-refractivity contribution in [3.05, 3.63) is 83.7 Å². The molecule has 0 aliphatic rings. The summed E-state index contributed by atoms with van der Waals surface area (Å²) in [6.45, 7) is 0. The van der Waals surface area contributed by atoms with Crippen LogP contribution in [0.25, 0.3) is 0 Å². The summed E-state index contributed by atoms with van der Waals surface area (Å²) in [5.41, 5.74) is 1.55. The molecule has 0 saturated carbocycles. The van der Waals surface area contributed by atoms with Crippen molar-refractivity contribution in [1.29, 1.82) is 5.26 Å². The summed E-state index contributed by atoms with van der Waals surface area (Å²) < 4.78 is 19.7. The molecule has 0 radical (unpaired) electrons. The van der Waals surface area contributed by atoms with Gasteiger partial charge in [-0.15, -0.1) is 6.42 Å². The van der Waals surface area contributed by atoms with E-state index < -0.39 is 11.8 Å². The van der Waals surface area contributed by atoms with Crippen LogP contribution in [0.1, 0.15) is 11.1 Å². The van der Waals surface area contributed by atoms with Crippen LogP contribution in [0.2, 0.25) is 0 Å². The molecule has 136 valence electrons. The fourth-order valence-corrected chi connectivity index (χ4v) is 2.37. The number of benzene rings is 3. The predicted octanol–water partition coefficient (Wildman–Crippen LogP) is 5.11. The molecule has 28 heavy (non-hydrogen) atoms. The highest BCUT2D eigenvalue weighted by molar-refractivity contribution is 6.00. The number of halogens is 1. The van der Waals surface area contributed by atoms with Gasteiger partial charge in [0.05, 0.1) is 17.3 Å². The molecule has 0 aromatic heterocycles. The maximum absolute atomic E-state index is 14.1. The van der Waals surface area contributed by atoms with Gasteiger partial charge < -0.3 is 15.4 Å². The van der Waals surface area contributed by atoms with E-state index in [2.05, 4.69) is 16.6 Å². The van der Waals surface area contributed by atoms with Crippen molar-refractivity contribution in [3.8, 4) is 29.9 Å². The van der Waals surface area contributed by atoms with Crippen LogP contribution in [0.15, 0.2) is 66.7 Å². The molecule has 0 atom stereocenters. The summed E-state index contributed by atoms with van der Waals surface area (Å²) in [5, 5.41) is 13.8. The van der Waals surface area contributed by atoms with Crippen LogP contribution in [-0.2, 0) is 0 Å². The standard InChI is InChI=1S/C22H14FN3O2/c1-2-15-4-3-5-17(12-15)25-22(27)26-21-13-19(10-11-20(21)23)28-18-8-6-16(14-24)7-9-18/h1,3-13H,(H2,25,26,27). The lowest BCUT2D eigenvalue weighted by Crippen LogP contribution is -2.20. The largest absolute Gasteiger partial charge is 0.457 e. The first-order valence-corrected chi connectivity index (χ1v) is 8.19. The minimum absolute atomic E-state index is 0.0447. The first kappa shape index (κ1) is 18.5. The van der Waals surface area contributed by atoms with Gasteiger partial charge in [0.2, 0.25) is 0 Å². The molecule has 3 aromatic carbocycles. The third kappa shape index (κ3) is 4.66. The summed E-state index contributed by atoms with van der Waals surface area (Å²) in [6.07, 6.45) is 5.33. The topological polar surface area (TPSA) is 74.2 Å². The molecule has 2 amide bonds. The number of urea groups is 1. The number of anilines is 2. The molecule has 0 bridgehead atoms. The monoisotopic (exact) mass is 371 g/mol. The Morgan fingerprint density at radius 1 is 0.964 bits per heavy atom. The van der Waals surface area contributed by atoms with Gasteiger partial charge in [-0.25, -0.2) is 9.18 Å². The first-order valence-electron chi connectivity index (χ1n) is 8.19. The molecule has 0 unspecified atom stereocenters. The number of carbonyl (C=O) groups excluding carboxylic acids is 1. The summed E-state index contributed by atoms with van der Waals surface area (Å²) in [7, 11) is 0. The van der Waals surface area contributed by atoms with E-state index in [0.717, 1.165) is 0 Å². The van der Waals surface area contributed by atoms with Gasteiger partial charge in [0, 0.05) is 17.3 Å². The SMILES string of the molecule is C#Cc1cccc(NC(=O)Nc2cc(Oc3ccc(C#N)cc3)ccc2F)c1. The van der Waals surface area contributed by atoms with Crippen molar-refractivity contribution >= 4 is 17.4 Å². The fraction of sp³-hybridized carbons (Fsp3) is 0. The third-order valence-corrected chi connectivity index (χ3v) is 3.69. The van der Waals surface area contributed by atoms with Crippen molar-refractivity contribution in [3.63, 3.8) is 0 Å². The number of nitriles is 1. The van der Waals surface area contributed by atoms with Gasteiger partial charge in [-0.1, -0.05) is 12.0 Å². The lowest BCUT2D eigenvalue weighted by molar-refractivity contribution is 0.262. The number of hydrogen-bond acceptors (Lipinski definition) is 3. The van der Waals surface area contributed by atoms with Crippen LogP contribution in [-0.4, -0.2) is 6.03 Å². The molecule has 3 aromatic rings. The summed E-state index contributed by atoms with van der Waals surface area (Å²) in [5.74, 6) is 2.67. The number of amides is 2. The Morgan fingerprint density at radius 2 is 1.71 bits per heavy atom. The number of nitrogens with zero attached hydrogens (tertiary/aromatic N) is 1. The van der Waals surface area contributed by atoms with Crippen LogP contribution >= 0.6 is 0 Å². The molecule has 0 aliphatic heterocycles. The van der Waals surface area contributed by atoms with Gasteiger partial charge in [-0.2, -0.15) is 5.26 Å². The molecule has 2 N–H and O–H groups in total. The second-order valence-corrected chi connectivity index (χ2v) is 5.68. The summed E-state index contributed by atoms with van der Waals surface area (Å²) in [6, 6.07) is 18.6. The molecule has 6 heteroatoms. The van der Waals surface area contributed by atoms with E-state index in [4.69, 9.17) is 16.4 Å². The Kier molecular flexibility index (Phi) is 5.55. The minimum atomic E-state index is -0.622. The van der Waals surface area contributed by atoms with Crippen LogP contribution in [0, 0.1) is 29.5 Å². The van der Waals surface area contributed by atoms with Gasteiger partial charge in [-0.05, 0) is 54.6 Å². The van der Waals surface area contributed by atoms with Gasteiger partial charge in [0.25, 0.3) is 0 Å². The van der Waals surface area contributed by atoms with Crippen LogP contribution in [0.5, 0.6) is 11.5 Å². The van der Waals surface area contributed by atoms with Crippen molar-refractivity contribution in [1.82, 2.24) is 0 Å². The van der Waals surface area contributed by atoms with Crippen molar-refractivity contribution in [2.75, 3.05) is 10.6 Å². The number of carbonyl (C=O) groups is 1. The van der Waals surface area contributed by atoms with Crippen LogP contribution < -0.4 is 15.4 Å². The molecule has 5 nitrogen and oxygen atoms in total. The van der Waals surface area contributed by atoms with Crippen LogP contribution in [0.3, 0.4) is 0 Å². The average Bonchev–Trinajstić information content (AvgIpc) is 2.71. The maximum atomic E-state index is 14.1. The molecular weight excluding hydrogens is 357 g/mol. The number of ether oxygens (including phenoxy) is 1. The van der Waals surface area contributed by atoms with Gasteiger partial charge in [0.1, 0.15) is 17.3 Å². The average molecular weight is 371 g/mol. The minimum Gasteiger partial charge on any atom is -0.457 e.